The molecule has 2 nitrogen and oxygen atoms in total. The SMILES string of the molecule is CCc1cccc(CC)c1Nc1ccc(Cl)cc1C(N)=S. The molecule has 0 amide bonds. The zero-order chi connectivity index (χ0) is 15.4. The van der Waals surface area contributed by atoms with Crippen LogP contribution >= 0.6 is 23.8 Å². The molecule has 0 aromatic heterocycles. The summed E-state index contributed by atoms with van der Waals surface area (Å²) in [5.41, 5.74) is 11.2. The van der Waals surface area contributed by atoms with Crippen molar-refractivity contribution in [3.8, 4) is 0 Å². The molecule has 2 aromatic rings. The van der Waals surface area contributed by atoms with Crippen molar-refractivity contribution in [1.82, 2.24) is 0 Å². The standard InChI is InChI=1S/C17H19ClN2S/c1-3-11-6-5-7-12(4-2)16(11)20-15-9-8-13(18)10-14(15)17(19)21/h5-10,20H,3-4H2,1-2H3,(H2,19,21). The Balaban J connectivity index is 2.50. The first-order valence-electron chi connectivity index (χ1n) is 7.04. The number of rotatable bonds is 5. The van der Waals surface area contributed by atoms with Crippen molar-refractivity contribution in [2.75, 3.05) is 5.32 Å². The second-order valence-electron chi connectivity index (χ2n) is 4.84. The van der Waals surface area contributed by atoms with Gasteiger partial charge in [0.15, 0.2) is 0 Å². The summed E-state index contributed by atoms with van der Waals surface area (Å²) in [6.45, 7) is 4.30. The maximum Gasteiger partial charge on any atom is 0.106 e. The third-order valence-corrected chi connectivity index (χ3v) is 3.96. The van der Waals surface area contributed by atoms with E-state index in [2.05, 4.69) is 37.4 Å². The van der Waals surface area contributed by atoms with Gasteiger partial charge in [0.1, 0.15) is 4.99 Å². The van der Waals surface area contributed by atoms with Crippen molar-refractivity contribution in [2.45, 2.75) is 26.7 Å². The largest absolute Gasteiger partial charge is 0.389 e. The highest BCUT2D eigenvalue weighted by Crippen LogP contribution is 2.29. The van der Waals surface area contributed by atoms with Gasteiger partial charge in [-0.1, -0.05) is 55.9 Å². The number of thiocarbonyl (C=S) groups is 1. The lowest BCUT2D eigenvalue weighted by atomic mass is 10.0. The van der Waals surface area contributed by atoms with E-state index in [4.69, 9.17) is 29.6 Å². The summed E-state index contributed by atoms with van der Waals surface area (Å²) in [6.07, 6.45) is 1.93. The fourth-order valence-corrected chi connectivity index (χ4v) is 2.71. The third kappa shape index (κ3) is 3.55. The van der Waals surface area contributed by atoms with Crippen LogP contribution in [-0.2, 0) is 12.8 Å². The van der Waals surface area contributed by atoms with Gasteiger partial charge in [-0.25, -0.2) is 0 Å². The Hall–Kier alpha value is -1.58. The molecule has 2 rings (SSSR count). The number of aryl methyl sites for hydroxylation is 2. The summed E-state index contributed by atoms with van der Waals surface area (Å²) < 4.78 is 0. The fraction of sp³-hybridized carbons (Fsp3) is 0.235. The van der Waals surface area contributed by atoms with Gasteiger partial charge in [0, 0.05) is 22.0 Å². The van der Waals surface area contributed by atoms with Gasteiger partial charge in [0.05, 0.1) is 0 Å². The molecule has 0 spiro atoms. The Kier molecular flexibility index (Phi) is 5.21. The van der Waals surface area contributed by atoms with Crippen LogP contribution in [0.5, 0.6) is 0 Å². The number of benzene rings is 2. The van der Waals surface area contributed by atoms with E-state index < -0.39 is 0 Å². The molecule has 0 radical (unpaired) electrons. The molecule has 0 heterocycles. The number of halogens is 1. The minimum Gasteiger partial charge on any atom is -0.389 e. The quantitative estimate of drug-likeness (QED) is 0.774. The van der Waals surface area contributed by atoms with Gasteiger partial charge in [-0.3, -0.25) is 0 Å². The van der Waals surface area contributed by atoms with E-state index >= 15 is 0 Å². The molecule has 0 unspecified atom stereocenters. The highest BCUT2D eigenvalue weighted by atomic mass is 35.5. The van der Waals surface area contributed by atoms with Crippen LogP contribution in [0.3, 0.4) is 0 Å². The van der Waals surface area contributed by atoms with E-state index in [-0.39, 0.29) is 0 Å². The van der Waals surface area contributed by atoms with E-state index in [1.54, 1.807) is 6.07 Å². The van der Waals surface area contributed by atoms with Crippen molar-refractivity contribution in [3.05, 3.63) is 58.1 Å². The van der Waals surface area contributed by atoms with Crippen LogP contribution in [0.25, 0.3) is 0 Å². The lowest BCUT2D eigenvalue weighted by molar-refractivity contribution is 1.09. The molecule has 3 N–H and O–H groups in total. The highest BCUT2D eigenvalue weighted by molar-refractivity contribution is 7.80. The first-order valence-corrected chi connectivity index (χ1v) is 7.82. The van der Waals surface area contributed by atoms with Crippen LogP contribution in [0, 0.1) is 0 Å². The highest BCUT2D eigenvalue weighted by Gasteiger charge is 2.11. The summed E-state index contributed by atoms with van der Waals surface area (Å²) in [7, 11) is 0. The molecular weight excluding hydrogens is 300 g/mol. The van der Waals surface area contributed by atoms with Gasteiger partial charge in [0.25, 0.3) is 0 Å². The Bertz CT molecular complexity index is 646. The Morgan fingerprint density at radius 1 is 1.14 bits per heavy atom. The molecule has 0 saturated carbocycles. The molecule has 0 aliphatic heterocycles. The maximum atomic E-state index is 6.04. The molecular formula is C17H19ClN2S. The second kappa shape index (κ2) is 6.92. The summed E-state index contributed by atoms with van der Waals surface area (Å²) in [5, 5.41) is 4.12. The lowest BCUT2D eigenvalue weighted by Gasteiger charge is -2.17. The van der Waals surface area contributed by atoms with Crippen molar-refractivity contribution in [1.29, 1.82) is 0 Å². The maximum absolute atomic E-state index is 6.04. The van der Waals surface area contributed by atoms with Gasteiger partial charge in [-0.2, -0.15) is 0 Å². The average Bonchev–Trinajstić information content (AvgIpc) is 2.48. The number of anilines is 2. The molecule has 2 aromatic carbocycles. The van der Waals surface area contributed by atoms with Crippen LogP contribution in [0.1, 0.15) is 30.5 Å². The zero-order valence-corrected chi connectivity index (χ0v) is 13.8. The molecule has 0 saturated heterocycles. The van der Waals surface area contributed by atoms with Gasteiger partial charge < -0.3 is 11.1 Å². The average molecular weight is 319 g/mol. The number of hydrogen-bond acceptors (Lipinski definition) is 2. The third-order valence-electron chi connectivity index (χ3n) is 3.51. The Labute approximate surface area is 136 Å². The molecule has 0 atom stereocenters. The smallest absolute Gasteiger partial charge is 0.106 e. The molecule has 21 heavy (non-hydrogen) atoms. The first-order chi connectivity index (χ1) is 10.1. The van der Waals surface area contributed by atoms with Gasteiger partial charge in [0.2, 0.25) is 0 Å². The molecule has 4 heteroatoms. The van der Waals surface area contributed by atoms with Crippen LogP contribution in [-0.4, -0.2) is 4.99 Å². The summed E-state index contributed by atoms with van der Waals surface area (Å²) in [4.78, 5) is 0.340. The summed E-state index contributed by atoms with van der Waals surface area (Å²) >= 11 is 11.2. The van der Waals surface area contributed by atoms with Crippen molar-refractivity contribution in [3.63, 3.8) is 0 Å². The molecule has 0 aliphatic rings. The molecule has 0 bridgehead atoms. The van der Waals surface area contributed by atoms with E-state index in [1.807, 2.05) is 12.1 Å². The molecule has 110 valence electrons. The normalized spacial score (nSPS) is 10.4. The monoisotopic (exact) mass is 318 g/mol. The predicted octanol–water partition coefficient (Wildman–Crippen LogP) is 4.84. The van der Waals surface area contributed by atoms with E-state index in [1.165, 1.54) is 11.1 Å². The van der Waals surface area contributed by atoms with Crippen molar-refractivity contribution >= 4 is 40.2 Å². The van der Waals surface area contributed by atoms with E-state index in [0.29, 0.717) is 10.0 Å². The number of nitrogens with one attached hydrogen (secondary N) is 1. The molecule has 0 aliphatic carbocycles. The second-order valence-corrected chi connectivity index (χ2v) is 5.71. The number of para-hydroxylation sites is 1. The van der Waals surface area contributed by atoms with Crippen LogP contribution in [0.15, 0.2) is 36.4 Å². The van der Waals surface area contributed by atoms with Gasteiger partial charge in [-0.05, 0) is 42.2 Å². The topological polar surface area (TPSA) is 38.0 Å². The van der Waals surface area contributed by atoms with Gasteiger partial charge >= 0.3 is 0 Å². The predicted molar refractivity (Wildman–Crippen MR) is 95.8 cm³/mol. The summed E-state index contributed by atoms with van der Waals surface area (Å²) in [6, 6.07) is 11.9. The van der Waals surface area contributed by atoms with Crippen LogP contribution in [0.4, 0.5) is 11.4 Å². The Morgan fingerprint density at radius 2 is 1.76 bits per heavy atom. The van der Waals surface area contributed by atoms with Crippen LogP contribution < -0.4 is 11.1 Å². The van der Waals surface area contributed by atoms with Gasteiger partial charge in [-0.15, -0.1) is 0 Å². The minimum atomic E-state index is 0.340. The number of nitrogens with two attached hydrogens (primary N) is 1. The van der Waals surface area contributed by atoms with E-state index in [9.17, 15) is 0 Å². The lowest BCUT2D eigenvalue weighted by Crippen LogP contribution is -2.12. The Morgan fingerprint density at radius 3 is 2.29 bits per heavy atom. The van der Waals surface area contributed by atoms with E-state index in [0.717, 1.165) is 29.8 Å². The molecule has 0 fully saturated rings. The van der Waals surface area contributed by atoms with Crippen molar-refractivity contribution in [2.24, 2.45) is 5.73 Å². The fourth-order valence-electron chi connectivity index (χ4n) is 2.37. The first kappa shape index (κ1) is 15.8. The van der Waals surface area contributed by atoms with Crippen molar-refractivity contribution < 1.29 is 0 Å². The minimum absolute atomic E-state index is 0.340. The number of hydrogen-bond donors (Lipinski definition) is 2. The van der Waals surface area contributed by atoms with Crippen LogP contribution in [0.2, 0.25) is 5.02 Å². The summed E-state index contributed by atoms with van der Waals surface area (Å²) in [5.74, 6) is 0. The zero-order valence-electron chi connectivity index (χ0n) is 12.2.